The average Bonchev–Trinajstić information content (AvgIpc) is 3.11. The molecular formula is C32H50O5. The number of hydrogen-bond donors (Lipinski definition) is 1. The summed E-state index contributed by atoms with van der Waals surface area (Å²) in [5, 5.41) is 10.7. The van der Waals surface area contributed by atoms with Gasteiger partial charge in [0.25, 0.3) is 0 Å². The molecule has 8 atom stereocenters. The second kappa shape index (κ2) is 9.40. The molecule has 4 aliphatic carbocycles. The monoisotopic (exact) mass is 514 g/mol. The Balaban J connectivity index is 1.61. The molecule has 1 N–H and O–H groups in total. The number of aliphatic hydroxyl groups excluding tert-OH is 1. The molecule has 0 bridgehead atoms. The summed E-state index contributed by atoms with van der Waals surface area (Å²) < 4.78 is 5.62. The van der Waals surface area contributed by atoms with E-state index in [2.05, 4.69) is 40.7 Å². The minimum absolute atomic E-state index is 0.0202. The molecule has 0 amide bonds. The Morgan fingerprint density at radius 2 is 1.84 bits per heavy atom. The van der Waals surface area contributed by atoms with Crippen LogP contribution in [-0.4, -0.2) is 41.3 Å². The molecule has 5 nitrogen and oxygen atoms in total. The lowest BCUT2D eigenvalue weighted by Gasteiger charge is -2.63. The van der Waals surface area contributed by atoms with Gasteiger partial charge < -0.3 is 14.6 Å². The van der Waals surface area contributed by atoms with Gasteiger partial charge in [-0.2, -0.15) is 0 Å². The summed E-state index contributed by atoms with van der Waals surface area (Å²) in [6, 6.07) is 0. The van der Waals surface area contributed by atoms with Crippen LogP contribution in [0.4, 0.5) is 0 Å². The first-order valence-electron chi connectivity index (χ1n) is 14.6. The van der Waals surface area contributed by atoms with Crippen molar-refractivity contribution in [2.45, 2.75) is 118 Å². The van der Waals surface area contributed by atoms with Gasteiger partial charge in [-0.15, -0.1) is 0 Å². The van der Waals surface area contributed by atoms with Gasteiger partial charge in [0.2, 0.25) is 0 Å². The zero-order valence-corrected chi connectivity index (χ0v) is 24.5. The average molecular weight is 515 g/mol. The highest BCUT2D eigenvalue weighted by molar-refractivity contribution is 5.86. The van der Waals surface area contributed by atoms with Crippen LogP contribution in [0.15, 0.2) is 11.6 Å². The molecule has 3 fully saturated rings. The Bertz CT molecular complexity index is 978. The molecule has 4 aliphatic rings. The second-order valence-electron chi connectivity index (χ2n) is 14.5. The summed E-state index contributed by atoms with van der Waals surface area (Å²) in [7, 11) is 0. The smallest absolute Gasteiger partial charge is 0.164 e. The van der Waals surface area contributed by atoms with Crippen LogP contribution < -0.4 is 0 Å². The van der Waals surface area contributed by atoms with Crippen LogP contribution in [-0.2, 0) is 19.1 Å². The standard InChI is InChI=1S/C32H50O5/c1-9-37-29(4,5)27(36)24(34)18-20(19-33)21-12-16-32(8)23-10-11-25-28(2,3)26(35)14-15-30(25,6)22(23)13-17-31(21,32)7/h10,19-22,25,27,36H,9,11-18H2,1-8H3. The highest BCUT2D eigenvalue weighted by Crippen LogP contribution is 2.73. The van der Waals surface area contributed by atoms with Crippen molar-refractivity contribution in [3.05, 3.63) is 11.6 Å². The van der Waals surface area contributed by atoms with Gasteiger partial charge in [0.1, 0.15) is 18.2 Å². The van der Waals surface area contributed by atoms with E-state index in [9.17, 15) is 19.5 Å². The summed E-state index contributed by atoms with van der Waals surface area (Å²) in [5.74, 6) is 0.659. The third-order valence-corrected chi connectivity index (χ3v) is 12.3. The minimum Gasteiger partial charge on any atom is -0.382 e. The van der Waals surface area contributed by atoms with Crippen molar-refractivity contribution in [1.29, 1.82) is 0 Å². The normalized spacial score (nSPS) is 40.6. The largest absolute Gasteiger partial charge is 0.382 e. The Labute approximate surface area is 224 Å². The Morgan fingerprint density at radius 1 is 1.16 bits per heavy atom. The number of Topliss-reactive ketones (excluding diaryl/α,β-unsaturated/α-hetero) is 2. The maximum absolute atomic E-state index is 13.1. The molecule has 0 radical (unpaired) electrons. The lowest BCUT2D eigenvalue weighted by Crippen LogP contribution is -2.57. The molecule has 0 aromatic rings. The Kier molecular flexibility index (Phi) is 7.28. The number of rotatable bonds is 8. The first-order chi connectivity index (χ1) is 17.1. The first-order valence-corrected chi connectivity index (χ1v) is 14.6. The van der Waals surface area contributed by atoms with Gasteiger partial charge in [-0.25, -0.2) is 0 Å². The van der Waals surface area contributed by atoms with E-state index < -0.39 is 17.6 Å². The number of fused-ring (bicyclic) bond motifs is 5. The molecule has 3 saturated carbocycles. The van der Waals surface area contributed by atoms with Crippen LogP contribution in [0.25, 0.3) is 0 Å². The number of carbonyl (C=O) groups excluding carboxylic acids is 3. The van der Waals surface area contributed by atoms with Gasteiger partial charge in [-0.3, -0.25) is 9.59 Å². The SMILES string of the molecule is CCOC(C)(C)C(O)C(=O)CC(C=O)C1CCC2(C)C3=CCC4C(C)(C)C(=O)CCC4(C)C3CCC12C. The topological polar surface area (TPSA) is 80.7 Å². The van der Waals surface area contributed by atoms with Crippen molar-refractivity contribution in [3.8, 4) is 0 Å². The number of carbonyl (C=O) groups is 3. The molecule has 5 heteroatoms. The second-order valence-corrected chi connectivity index (χ2v) is 14.5. The fourth-order valence-corrected chi connectivity index (χ4v) is 9.71. The summed E-state index contributed by atoms with van der Waals surface area (Å²) in [6.45, 7) is 17.2. The van der Waals surface area contributed by atoms with Crippen molar-refractivity contribution in [1.82, 2.24) is 0 Å². The third-order valence-electron chi connectivity index (χ3n) is 12.3. The van der Waals surface area contributed by atoms with Crippen LogP contribution in [0.1, 0.15) is 107 Å². The number of aliphatic hydroxyl groups is 1. The van der Waals surface area contributed by atoms with Crippen molar-refractivity contribution >= 4 is 17.9 Å². The van der Waals surface area contributed by atoms with E-state index in [-0.39, 0.29) is 39.8 Å². The van der Waals surface area contributed by atoms with Crippen molar-refractivity contribution < 1.29 is 24.2 Å². The molecular weight excluding hydrogens is 464 g/mol. The number of allylic oxidation sites excluding steroid dienone is 2. The van der Waals surface area contributed by atoms with E-state index in [0.29, 0.717) is 30.6 Å². The van der Waals surface area contributed by atoms with Gasteiger partial charge in [0.05, 0.1) is 5.60 Å². The summed E-state index contributed by atoms with van der Waals surface area (Å²) in [6.07, 6.45) is 8.91. The highest BCUT2D eigenvalue weighted by Gasteiger charge is 2.65. The summed E-state index contributed by atoms with van der Waals surface area (Å²) in [4.78, 5) is 38.4. The fraction of sp³-hybridized carbons (Fsp3) is 0.844. The quantitative estimate of drug-likeness (QED) is 0.312. The van der Waals surface area contributed by atoms with Crippen molar-refractivity contribution in [2.75, 3.05) is 6.61 Å². The number of ketones is 2. The molecule has 0 saturated heterocycles. The molecule has 0 aromatic heterocycles. The van der Waals surface area contributed by atoms with E-state index >= 15 is 0 Å². The predicted octanol–water partition coefficient (Wildman–Crippen LogP) is 6.11. The molecule has 0 aromatic carbocycles. The molecule has 0 heterocycles. The number of ether oxygens (including phenoxy) is 1. The van der Waals surface area contributed by atoms with Crippen LogP contribution >= 0.6 is 0 Å². The van der Waals surface area contributed by atoms with E-state index in [1.807, 2.05) is 6.92 Å². The maximum atomic E-state index is 13.1. The van der Waals surface area contributed by atoms with Gasteiger partial charge in [-0.1, -0.05) is 46.3 Å². The molecule has 0 spiro atoms. The third kappa shape index (κ3) is 4.13. The zero-order chi connectivity index (χ0) is 27.6. The van der Waals surface area contributed by atoms with Gasteiger partial charge in [0.15, 0.2) is 5.78 Å². The van der Waals surface area contributed by atoms with Crippen molar-refractivity contribution in [2.24, 2.45) is 45.3 Å². The Morgan fingerprint density at radius 3 is 2.46 bits per heavy atom. The van der Waals surface area contributed by atoms with E-state index in [1.54, 1.807) is 19.4 Å². The lowest BCUT2D eigenvalue weighted by molar-refractivity contribution is -0.150. The molecule has 8 unspecified atom stereocenters. The first kappa shape index (κ1) is 28.7. The van der Waals surface area contributed by atoms with E-state index in [1.165, 1.54) is 0 Å². The fourth-order valence-electron chi connectivity index (χ4n) is 9.71. The van der Waals surface area contributed by atoms with E-state index in [0.717, 1.165) is 44.8 Å². The summed E-state index contributed by atoms with van der Waals surface area (Å²) >= 11 is 0. The van der Waals surface area contributed by atoms with Crippen molar-refractivity contribution in [3.63, 3.8) is 0 Å². The molecule has 208 valence electrons. The molecule has 4 rings (SSSR count). The number of aldehydes is 1. The molecule has 37 heavy (non-hydrogen) atoms. The maximum Gasteiger partial charge on any atom is 0.164 e. The van der Waals surface area contributed by atoms with Crippen LogP contribution in [0.3, 0.4) is 0 Å². The minimum atomic E-state index is -1.25. The lowest BCUT2D eigenvalue weighted by atomic mass is 9.41. The molecule has 0 aliphatic heterocycles. The van der Waals surface area contributed by atoms with Crippen LogP contribution in [0.2, 0.25) is 0 Å². The summed E-state index contributed by atoms with van der Waals surface area (Å²) in [5.41, 5.74) is 0.325. The van der Waals surface area contributed by atoms with Gasteiger partial charge >= 0.3 is 0 Å². The highest BCUT2D eigenvalue weighted by atomic mass is 16.5. The van der Waals surface area contributed by atoms with Crippen LogP contribution in [0, 0.1) is 45.3 Å². The van der Waals surface area contributed by atoms with Gasteiger partial charge in [0, 0.05) is 30.8 Å². The Hall–Kier alpha value is -1.33. The van der Waals surface area contributed by atoms with Crippen LogP contribution in [0.5, 0.6) is 0 Å². The van der Waals surface area contributed by atoms with Gasteiger partial charge in [-0.05, 0) is 93.3 Å². The van der Waals surface area contributed by atoms with E-state index in [4.69, 9.17) is 4.74 Å². The predicted molar refractivity (Wildman–Crippen MR) is 145 cm³/mol. The zero-order valence-electron chi connectivity index (χ0n) is 24.5. The number of hydrogen-bond acceptors (Lipinski definition) is 5.